The summed E-state index contributed by atoms with van der Waals surface area (Å²) in [7, 11) is 0. The predicted octanol–water partition coefficient (Wildman–Crippen LogP) is 2.68. The third kappa shape index (κ3) is 4.70. The van der Waals surface area contributed by atoms with E-state index in [-0.39, 0.29) is 5.97 Å². The lowest BCUT2D eigenvalue weighted by Crippen LogP contribution is -2.32. The van der Waals surface area contributed by atoms with E-state index in [1.54, 1.807) is 18.7 Å². The summed E-state index contributed by atoms with van der Waals surface area (Å²) >= 11 is 1.72. The van der Waals surface area contributed by atoms with Crippen molar-refractivity contribution >= 4 is 17.7 Å². The topological polar surface area (TPSA) is 52.3 Å². The van der Waals surface area contributed by atoms with Gasteiger partial charge in [-0.15, -0.1) is 11.8 Å². The van der Waals surface area contributed by atoms with E-state index in [1.807, 2.05) is 0 Å². The summed E-state index contributed by atoms with van der Waals surface area (Å²) in [5.41, 5.74) is 8.31. The number of thioether (sulfide) groups is 1. The van der Waals surface area contributed by atoms with E-state index in [9.17, 15) is 4.79 Å². The molecule has 0 saturated heterocycles. The highest BCUT2D eigenvalue weighted by Crippen LogP contribution is 2.22. The average molecular weight is 267 g/mol. The van der Waals surface area contributed by atoms with Gasteiger partial charge in [0.25, 0.3) is 0 Å². The van der Waals surface area contributed by atoms with E-state index >= 15 is 0 Å². The molecule has 0 bridgehead atoms. The van der Waals surface area contributed by atoms with Gasteiger partial charge in [0, 0.05) is 10.6 Å². The van der Waals surface area contributed by atoms with E-state index in [0.717, 1.165) is 5.75 Å². The smallest absolute Gasteiger partial charge is 0.322 e. The standard InChI is InChI=1S/C14H21NO2S/c1-4-17-14(16)13(15)7-8-18-12-6-5-10(2)11(3)9-12/h5-6,9,13H,4,7-8,15H2,1-3H3. The van der Waals surface area contributed by atoms with Crippen LogP contribution < -0.4 is 5.73 Å². The number of hydrogen-bond donors (Lipinski definition) is 1. The Bertz CT molecular complexity index is 407. The van der Waals surface area contributed by atoms with Crippen molar-refractivity contribution in [3.05, 3.63) is 29.3 Å². The van der Waals surface area contributed by atoms with Gasteiger partial charge in [0.2, 0.25) is 0 Å². The number of rotatable bonds is 6. The largest absolute Gasteiger partial charge is 0.465 e. The zero-order valence-corrected chi connectivity index (χ0v) is 12.0. The monoisotopic (exact) mass is 267 g/mol. The molecule has 0 fully saturated rings. The summed E-state index contributed by atoms with van der Waals surface area (Å²) in [6, 6.07) is 5.87. The normalized spacial score (nSPS) is 12.2. The van der Waals surface area contributed by atoms with Gasteiger partial charge >= 0.3 is 5.97 Å². The van der Waals surface area contributed by atoms with Gasteiger partial charge in [-0.1, -0.05) is 6.07 Å². The van der Waals surface area contributed by atoms with Crippen molar-refractivity contribution in [3.8, 4) is 0 Å². The number of aryl methyl sites for hydroxylation is 2. The molecule has 4 heteroatoms. The molecule has 1 rings (SSSR count). The Hall–Kier alpha value is -1.00. The van der Waals surface area contributed by atoms with Gasteiger partial charge < -0.3 is 10.5 Å². The highest BCUT2D eigenvalue weighted by Gasteiger charge is 2.13. The van der Waals surface area contributed by atoms with Gasteiger partial charge in [-0.3, -0.25) is 4.79 Å². The zero-order valence-electron chi connectivity index (χ0n) is 11.2. The Balaban J connectivity index is 2.37. The van der Waals surface area contributed by atoms with Crippen molar-refractivity contribution in [2.45, 2.75) is 38.1 Å². The number of nitrogens with two attached hydrogens (primary N) is 1. The molecule has 0 aliphatic heterocycles. The third-order valence-corrected chi connectivity index (χ3v) is 3.79. The molecule has 3 nitrogen and oxygen atoms in total. The van der Waals surface area contributed by atoms with Crippen LogP contribution in [0.25, 0.3) is 0 Å². The SMILES string of the molecule is CCOC(=O)C(N)CCSc1ccc(C)c(C)c1. The molecule has 0 heterocycles. The first kappa shape index (κ1) is 15.1. The van der Waals surface area contributed by atoms with Gasteiger partial charge in [-0.05, 0) is 50.5 Å². The van der Waals surface area contributed by atoms with E-state index in [4.69, 9.17) is 10.5 Å². The molecule has 0 radical (unpaired) electrons. The van der Waals surface area contributed by atoms with E-state index in [0.29, 0.717) is 13.0 Å². The minimum atomic E-state index is -0.510. The van der Waals surface area contributed by atoms with Crippen LogP contribution in [0.1, 0.15) is 24.5 Å². The van der Waals surface area contributed by atoms with Crippen molar-refractivity contribution in [2.75, 3.05) is 12.4 Å². The van der Waals surface area contributed by atoms with Crippen LogP contribution in [0.2, 0.25) is 0 Å². The minimum absolute atomic E-state index is 0.307. The molecule has 0 spiro atoms. The molecule has 0 saturated carbocycles. The molecule has 1 unspecified atom stereocenters. The first-order chi connectivity index (χ1) is 8.54. The molecule has 2 N–H and O–H groups in total. The summed E-state index contributed by atoms with van der Waals surface area (Å²) in [5.74, 6) is 0.515. The van der Waals surface area contributed by atoms with Crippen molar-refractivity contribution in [3.63, 3.8) is 0 Å². The lowest BCUT2D eigenvalue weighted by Gasteiger charge is -2.10. The number of hydrogen-bond acceptors (Lipinski definition) is 4. The molecular formula is C14H21NO2S. The molecule has 0 aliphatic rings. The molecule has 1 atom stereocenters. The van der Waals surface area contributed by atoms with Crippen LogP contribution in [0.5, 0.6) is 0 Å². The lowest BCUT2D eigenvalue weighted by atomic mass is 10.1. The Kier molecular flexibility index (Phi) is 6.22. The highest BCUT2D eigenvalue weighted by molar-refractivity contribution is 7.99. The summed E-state index contributed by atoms with van der Waals surface area (Å²) < 4.78 is 4.87. The van der Waals surface area contributed by atoms with Crippen molar-refractivity contribution in [2.24, 2.45) is 5.73 Å². The van der Waals surface area contributed by atoms with Crippen LogP contribution in [-0.2, 0) is 9.53 Å². The predicted molar refractivity (Wildman–Crippen MR) is 75.9 cm³/mol. The van der Waals surface area contributed by atoms with E-state index in [1.165, 1.54) is 16.0 Å². The van der Waals surface area contributed by atoms with E-state index in [2.05, 4.69) is 32.0 Å². The number of benzene rings is 1. The fraction of sp³-hybridized carbons (Fsp3) is 0.500. The molecule has 0 aromatic heterocycles. The summed E-state index contributed by atoms with van der Waals surface area (Å²) in [4.78, 5) is 12.5. The molecular weight excluding hydrogens is 246 g/mol. The van der Waals surface area contributed by atoms with Crippen LogP contribution >= 0.6 is 11.8 Å². The minimum Gasteiger partial charge on any atom is -0.465 e. The Morgan fingerprint density at radius 2 is 2.11 bits per heavy atom. The Labute approximate surface area is 113 Å². The van der Waals surface area contributed by atoms with Crippen molar-refractivity contribution in [1.82, 2.24) is 0 Å². The second-order valence-electron chi connectivity index (χ2n) is 4.24. The second kappa shape index (κ2) is 7.44. The fourth-order valence-electron chi connectivity index (χ4n) is 1.47. The second-order valence-corrected chi connectivity index (χ2v) is 5.41. The van der Waals surface area contributed by atoms with Gasteiger partial charge in [-0.2, -0.15) is 0 Å². The van der Waals surface area contributed by atoms with Crippen LogP contribution in [0.4, 0.5) is 0 Å². The van der Waals surface area contributed by atoms with Crippen LogP contribution in [0, 0.1) is 13.8 Å². The van der Waals surface area contributed by atoms with Crippen LogP contribution in [-0.4, -0.2) is 24.4 Å². The lowest BCUT2D eigenvalue weighted by molar-refractivity contribution is -0.144. The van der Waals surface area contributed by atoms with Crippen molar-refractivity contribution in [1.29, 1.82) is 0 Å². The Morgan fingerprint density at radius 3 is 2.72 bits per heavy atom. The molecule has 1 aromatic carbocycles. The molecule has 1 aromatic rings. The number of carbonyl (C=O) groups excluding carboxylic acids is 1. The fourth-order valence-corrected chi connectivity index (χ4v) is 2.51. The third-order valence-electron chi connectivity index (χ3n) is 2.77. The van der Waals surface area contributed by atoms with Gasteiger partial charge in [0.1, 0.15) is 6.04 Å². The molecule has 0 aliphatic carbocycles. The van der Waals surface area contributed by atoms with Gasteiger partial charge in [0.15, 0.2) is 0 Å². The maximum absolute atomic E-state index is 11.3. The highest BCUT2D eigenvalue weighted by atomic mass is 32.2. The molecule has 0 amide bonds. The maximum atomic E-state index is 11.3. The number of esters is 1. The Morgan fingerprint density at radius 1 is 1.39 bits per heavy atom. The first-order valence-electron chi connectivity index (χ1n) is 6.17. The first-order valence-corrected chi connectivity index (χ1v) is 7.15. The zero-order chi connectivity index (χ0) is 13.5. The van der Waals surface area contributed by atoms with Gasteiger partial charge in [0.05, 0.1) is 6.61 Å². The maximum Gasteiger partial charge on any atom is 0.322 e. The molecule has 18 heavy (non-hydrogen) atoms. The van der Waals surface area contributed by atoms with Crippen LogP contribution in [0.15, 0.2) is 23.1 Å². The van der Waals surface area contributed by atoms with E-state index < -0.39 is 6.04 Å². The van der Waals surface area contributed by atoms with Gasteiger partial charge in [-0.25, -0.2) is 0 Å². The summed E-state index contributed by atoms with van der Waals surface area (Å²) in [6.07, 6.45) is 0.635. The summed E-state index contributed by atoms with van der Waals surface area (Å²) in [5, 5.41) is 0. The number of ether oxygens (including phenoxy) is 1. The quantitative estimate of drug-likeness (QED) is 0.636. The molecule has 100 valence electrons. The van der Waals surface area contributed by atoms with Crippen molar-refractivity contribution < 1.29 is 9.53 Å². The summed E-state index contributed by atoms with van der Waals surface area (Å²) in [6.45, 7) is 6.37. The average Bonchev–Trinajstić information content (AvgIpc) is 2.34. The van der Waals surface area contributed by atoms with Crippen LogP contribution in [0.3, 0.4) is 0 Å². The number of carbonyl (C=O) groups is 1.